The van der Waals surface area contributed by atoms with Crippen LogP contribution in [0.5, 0.6) is 17.2 Å². The number of carbonyl (C=O) groups excluding carboxylic acids is 2. The highest BCUT2D eigenvalue weighted by atomic mass is 127. The molecule has 2 heterocycles. The number of carboxylic acids is 1. The van der Waals surface area contributed by atoms with Crippen LogP contribution in [-0.4, -0.2) is 54.5 Å². The summed E-state index contributed by atoms with van der Waals surface area (Å²) in [4.78, 5) is 55.5. The molecule has 0 unspecified atom stereocenters. The van der Waals surface area contributed by atoms with Crippen molar-refractivity contribution < 1.29 is 43.2 Å². The average molecular weight is 892 g/mol. The maximum absolute atomic E-state index is 14.2. The Hall–Kier alpha value is -4.48. The molecular formula is C36H32BrIN2O10S. The van der Waals surface area contributed by atoms with Gasteiger partial charge in [0.05, 0.1) is 55.8 Å². The number of hydrogen-bond donors (Lipinski definition) is 1. The minimum Gasteiger partial charge on any atom is -0.490 e. The monoisotopic (exact) mass is 890 g/mol. The summed E-state index contributed by atoms with van der Waals surface area (Å²) in [5, 5.41) is 9.15. The molecular weight excluding hydrogens is 859 g/mol. The van der Waals surface area contributed by atoms with Crippen molar-refractivity contribution in [1.29, 1.82) is 0 Å². The molecule has 1 aromatic heterocycles. The van der Waals surface area contributed by atoms with Crippen molar-refractivity contribution in [3.63, 3.8) is 0 Å². The molecule has 1 aliphatic heterocycles. The lowest BCUT2D eigenvalue weighted by atomic mass is 9.95. The van der Waals surface area contributed by atoms with Crippen molar-refractivity contribution in [3.8, 4) is 17.2 Å². The lowest BCUT2D eigenvalue weighted by Crippen LogP contribution is -2.40. The smallest absolute Gasteiger partial charge is 0.343 e. The fraction of sp³-hybridized carbons (Fsp3) is 0.250. The van der Waals surface area contributed by atoms with Crippen molar-refractivity contribution in [2.24, 2.45) is 4.99 Å². The van der Waals surface area contributed by atoms with E-state index in [1.54, 1.807) is 57.2 Å². The summed E-state index contributed by atoms with van der Waals surface area (Å²) in [6.45, 7) is 5.51. The number of halogens is 2. The standard InChI is InChI=1S/C36H32BrIN2O10S/c1-5-47-27-16-23(11-12-26(27)49-18-29(41)46-4)31-30(35(45)48-6-2)19(3)39-36-40(31)33(42)28(51-36)15-21-13-24(37)32(25(38)14-21)50-17-20-7-9-22(10-8-20)34(43)44/h7-16,31H,5-6,17-18H2,1-4H3,(H,43,44)/b28-15-/t31-/m1/s1. The lowest BCUT2D eigenvalue weighted by molar-refractivity contribution is -0.143. The van der Waals surface area contributed by atoms with Gasteiger partial charge >= 0.3 is 17.9 Å². The van der Waals surface area contributed by atoms with Crippen molar-refractivity contribution in [1.82, 2.24) is 4.57 Å². The maximum Gasteiger partial charge on any atom is 0.343 e. The van der Waals surface area contributed by atoms with Gasteiger partial charge in [0, 0.05) is 0 Å². The number of rotatable bonds is 13. The van der Waals surface area contributed by atoms with E-state index in [1.165, 1.54) is 35.1 Å². The van der Waals surface area contributed by atoms with Crippen LogP contribution in [0.3, 0.4) is 0 Å². The number of carbonyl (C=O) groups is 3. The minimum atomic E-state index is -0.999. The molecule has 0 amide bonds. The van der Waals surface area contributed by atoms with E-state index >= 15 is 0 Å². The zero-order valence-electron chi connectivity index (χ0n) is 27.9. The first-order valence-corrected chi connectivity index (χ1v) is 18.2. The highest BCUT2D eigenvalue weighted by molar-refractivity contribution is 14.1. The largest absolute Gasteiger partial charge is 0.490 e. The molecule has 5 rings (SSSR count). The van der Waals surface area contributed by atoms with E-state index < -0.39 is 23.9 Å². The number of allylic oxidation sites excluding steroid dienone is 1. The summed E-state index contributed by atoms with van der Waals surface area (Å²) >= 11 is 6.94. The quantitative estimate of drug-likeness (QED) is 0.137. The van der Waals surface area contributed by atoms with E-state index in [0.29, 0.717) is 48.9 Å². The van der Waals surface area contributed by atoms with Gasteiger partial charge in [-0.25, -0.2) is 19.4 Å². The molecule has 0 spiro atoms. The van der Waals surface area contributed by atoms with E-state index in [4.69, 9.17) is 24.1 Å². The fourth-order valence-electron chi connectivity index (χ4n) is 5.24. The van der Waals surface area contributed by atoms with Gasteiger partial charge in [-0.15, -0.1) is 0 Å². The van der Waals surface area contributed by atoms with Gasteiger partial charge in [-0.1, -0.05) is 29.5 Å². The maximum atomic E-state index is 14.2. The Balaban J connectivity index is 1.54. The Bertz CT molecular complexity index is 2190. The second-order valence-electron chi connectivity index (χ2n) is 10.9. The summed E-state index contributed by atoms with van der Waals surface area (Å²) in [6, 6.07) is 14.2. The Labute approximate surface area is 318 Å². The van der Waals surface area contributed by atoms with Crippen LogP contribution in [0.1, 0.15) is 53.9 Å². The number of nitrogens with zero attached hydrogens (tertiary/aromatic N) is 2. The number of ether oxygens (including phenoxy) is 5. The molecule has 51 heavy (non-hydrogen) atoms. The molecule has 3 aromatic carbocycles. The number of esters is 2. The zero-order valence-corrected chi connectivity index (χ0v) is 32.4. The number of aromatic nitrogens is 1. The SMILES string of the molecule is CCOC(=O)C1=C(C)N=c2s/c(=C\c3cc(Br)c(OCc4ccc(C(=O)O)cc4)c(I)c3)c(=O)n2[C@@H]1c1ccc(OCC(=O)OC)c(OCC)c1. The number of hydrogen-bond acceptors (Lipinski definition) is 11. The molecule has 0 bridgehead atoms. The molecule has 0 saturated heterocycles. The van der Waals surface area contributed by atoms with Gasteiger partial charge < -0.3 is 28.8 Å². The Morgan fingerprint density at radius 3 is 2.41 bits per heavy atom. The van der Waals surface area contributed by atoms with Crippen molar-refractivity contribution in [2.45, 2.75) is 33.4 Å². The normalized spacial score (nSPS) is 14.0. The summed E-state index contributed by atoms with van der Waals surface area (Å²) in [5.41, 5.74) is 2.51. The third-order valence-corrected chi connectivity index (χ3v) is 9.95. The lowest BCUT2D eigenvalue weighted by Gasteiger charge is -2.25. The number of benzene rings is 3. The summed E-state index contributed by atoms with van der Waals surface area (Å²) in [7, 11) is 1.26. The first-order chi connectivity index (χ1) is 24.4. The van der Waals surface area contributed by atoms with Crippen molar-refractivity contribution in [3.05, 3.63) is 116 Å². The second-order valence-corrected chi connectivity index (χ2v) is 13.9. The number of thiazole rings is 1. The van der Waals surface area contributed by atoms with Crippen LogP contribution >= 0.6 is 49.9 Å². The van der Waals surface area contributed by atoms with Crippen LogP contribution in [0.25, 0.3) is 6.08 Å². The summed E-state index contributed by atoms with van der Waals surface area (Å²) < 4.78 is 30.9. The van der Waals surface area contributed by atoms with Gasteiger partial charge in [0.15, 0.2) is 22.9 Å². The van der Waals surface area contributed by atoms with E-state index in [-0.39, 0.29) is 36.5 Å². The molecule has 15 heteroatoms. The molecule has 0 radical (unpaired) electrons. The van der Waals surface area contributed by atoms with Crippen molar-refractivity contribution >= 4 is 73.8 Å². The highest BCUT2D eigenvalue weighted by Gasteiger charge is 2.34. The van der Waals surface area contributed by atoms with Crippen LogP contribution in [-0.2, 0) is 25.7 Å². The third-order valence-electron chi connectivity index (χ3n) is 7.58. The van der Waals surface area contributed by atoms with Crippen LogP contribution in [0.4, 0.5) is 0 Å². The van der Waals surface area contributed by atoms with Gasteiger partial charge in [0.2, 0.25) is 0 Å². The molecule has 4 aromatic rings. The van der Waals surface area contributed by atoms with Crippen LogP contribution < -0.4 is 29.1 Å². The zero-order chi connectivity index (χ0) is 36.8. The first-order valence-electron chi connectivity index (χ1n) is 15.6. The number of methoxy groups -OCH3 is 1. The number of aromatic carboxylic acids is 1. The van der Waals surface area contributed by atoms with E-state index in [1.807, 2.05) is 12.1 Å². The second kappa shape index (κ2) is 16.7. The molecule has 1 atom stereocenters. The summed E-state index contributed by atoms with van der Waals surface area (Å²) in [6.07, 6.45) is 1.75. The third kappa shape index (κ3) is 8.53. The first kappa shape index (κ1) is 37.8. The predicted octanol–water partition coefficient (Wildman–Crippen LogP) is 5.39. The molecule has 0 saturated carbocycles. The Morgan fingerprint density at radius 2 is 1.76 bits per heavy atom. The Morgan fingerprint density at radius 1 is 1.02 bits per heavy atom. The van der Waals surface area contributed by atoms with Crippen LogP contribution in [0.2, 0.25) is 0 Å². The van der Waals surface area contributed by atoms with Gasteiger partial charge in [-0.3, -0.25) is 9.36 Å². The van der Waals surface area contributed by atoms with Crippen LogP contribution in [0.15, 0.2) is 80.1 Å². The van der Waals surface area contributed by atoms with Crippen LogP contribution in [0, 0.1) is 3.57 Å². The van der Waals surface area contributed by atoms with Gasteiger partial charge in [-0.2, -0.15) is 0 Å². The van der Waals surface area contributed by atoms with E-state index in [2.05, 4.69) is 48.3 Å². The molecule has 0 aliphatic carbocycles. The highest BCUT2D eigenvalue weighted by Crippen LogP contribution is 2.37. The molecule has 1 N–H and O–H groups in total. The number of carboxylic acid groups (broad SMARTS) is 1. The van der Waals surface area contributed by atoms with Gasteiger partial charge in [0.1, 0.15) is 12.4 Å². The van der Waals surface area contributed by atoms with Crippen molar-refractivity contribution in [2.75, 3.05) is 26.9 Å². The topological polar surface area (TPSA) is 152 Å². The molecule has 1 aliphatic rings. The predicted molar refractivity (Wildman–Crippen MR) is 200 cm³/mol. The van der Waals surface area contributed by atoms with Gasteiger partial charge in [0.25, 0.3) is 5.56 Å². The minimum absolute atomic E-state index is 0.126. The van der Waals surface area contributed by atoms with Gasteiger partial charge in [-0.05, 0) is 118 Å². The molecule has 266 valence electrons. The Kier molecular flexibility index (Phi) is 12.4. The number of fused-ring (bicyclic) bond motifs is 1. The molecule has 12 nitrogen and oxygen atoms in total. The van der Waals surface area contributed by atoms with E-state index in [9.17, 15) is 19.2 Å². The average Bonchev–Trinajstić information content (AvgIpc) is 3.40. The van der Waals surface area contributed by atoms with E-state index in [0.717, 1.165) is 14.7 Å². The molecule has 0 fully saturated rings. The summed E-state index contributed by atoms with van der Waals surface area (Å²) in [5.74, 6) is -0.963. The fourth-order valence-corrected chi connectivity index (χ4v) is 8.05.